The SMILES string of the molecule is NC(=S)CNC(=O)c1ccc(F)cc1I. The molecular formula is C9H8FIN2OS. The highest BCUT2D eigenvalue weighted by Crippen LogP contribution is 2.13. The average Bonchev–Trinajstić information content (AvgIpc) is 2.14. The molecule has 3 nitrogen and oxygen atoms in total. The second-order valence-corrected chi connectivity index (χ2v) is 4.46. The number of nitrogens with one attached hydrogen (secondary N) is 1. The van der Waals surface area contributed by atoms with Gasteiger partial charge in [-0.3, -0.25) is 4.79 Å². The van der Waals surface area contributed by atoms with Crippen molar-refractivity contribution in [2.75, 3.05) is 6.54 Å². The maximum absolute atomic E-state index is 12.7. The molecule has 6 heteroatoms. The van der Waals surface area contributed by atoms with Crippen LogP contribution in [0.5, 0.6) is 0 Å². The molecule has 0 saturated carbocycles. The van der Waals surface area contributed by atoms with Crippen LogP contribution in [0.1, 0.15) is 10.4 Å². The van der Waals surface area contributed by atoms with Crippen LogP contribution in [0.15, 0.2) is 18.2 Å². The van der Waals surface area contributed by atoms with E-state index in [1.165, 1.54) is 18.2 Å². The first-order valence-corrected chi connectivity index (χ1v) is 5.51. The van der Waals surface area contributed by atoms with Crippen molar-refractivity contribution in [2.45, 2.75) is 0 Å². The van der Waals surface area contributed by atoms with Crippen LogP contribution < -0.4 is 11.1 Å². The molecule has 0 aliphatic rings. The molecule has 0 heterocycles. The number of amides is 1. The van der Waals surface area contributed by atoms with E-state index in [0.29, 0.717) is 9.13 Å². The number of thiocarbonyl (C=S) groups is 1. The number of carbonyl (C=O) groups excluding carboxylic acids is 1. The zero-order valence-electron chi connectivity index (χ0n) is 7.59. The van der Waals surface area contributed by atoms with Gasteiger partial charge in [-0.25, -0.2) is 4.39 Å². The zero-order chi connectivity index (χ0) is 11.4. The molecule has 1 aromatic carbocycles. The Bertz CT molecular complexity index is 411. The zero-order valence-corrected chi connectivity index (χ0v) is 10.6. The van der Waals surface area contributed by atoms with Crippen molar-refractivity contribution in [3.05, 3.63) is 33.1 Å². The highest BCUT2D eigenvalue weighted by Gasteiger charge is 2.09. The Morgan fingerprint density at radius 1 is 1.60 bits per heavy atom. The van der Waals surface area contributed by atoms with E-state index in [1.807, 2.05) is 22.6 Å². The normalized spacial score (nSPS) is 9.73. The lowest BCUT2D eigenvalue weighted by molar-refractivity contribution is 0.0958. The standard InChI is InChI=1S/C9H8FIN2OS/c10-5-1-2-6(7(11)3-5)9(14)13-4-8(12)15/h1-3H,4H2,(H2,12,15)(H,13,14). The van der Waals surface area contributed by atoms with Gasteiger partial charge in [0.2, 0.25) is 0 Å². The largest absolute Gasteiger partial charge is 0.392 e. The lowest BCUT2D eigenvalue weighted by atomic mass is 10.2. The van der Waals surface area contributed by atoms with Gasteiger partial charge < -0.3 is 11.1 Å². The fourth-order valence-corrected chi connectivity index (χ4v) is 1.73. The Hall–Kier alpha value is -0.760. The van der Waals surface area contributed by atoms with Crippen molar-refractivity contribution in [1.82, 2.24) is 5.32 Å². The molecule has 0 unspecified atom stereocenters. The summed E-state index contributed by atoms with van der Waals surface area (Å²) < 4.78 is 13.3. The van der Waals surface area contributed by atoms with E-state index in [4.69, 9.17) is 5.73 Å². The number of rotatable bonds is 3. The van der Waals surface area contributed by atoms with Gasteiger partial charge in [-0.2, -0.15) is 0 Å². The molecule has 15 heavy (non-hydrogen) atoms. The summed E-state index contributed by atoms with van der Waals surface area (Å²) in [6.45, 7) is 0.140. The van der Waals surface area contributed by atoms with Crippen LogP contribution in [0.2, 0.25) is 0 Å². The predicted molar refractivity (Wildman–Crippen MR) is 68.2 cm³/mol. The summed E-state index contributed by atoms with van der Waals surface area (Å²) in [5.41, 5.74) is 5.65. The third-order valence-electron chi connectivity index (χ3n) is 1.60. The molecule has 0 radical (unpaired) electrons. The van der Waals surface area contributed by atoms with E-state index in [-0.39, 0.29) is 23.3 Å². The number of halogens is 2. The Balaban J connectivity index is 2.78. The predicted octanol–water partition coefficient (Wildman–Crippen LogP) is 1.45. The van der Waals surface area contributed by atoms with Gasteiger partial charge in [-0.15, -0.1) is 0 Å². The van der Waals surface area contributed by atoms with E-state index >= 15 is 0 Å². The smallest absolute Gasteiger partial charge is 0.252 e. The first-order valence-electron chi connectivity index (χ1n) is 4.02. The van der Waals surface area contributed by atoms with Gasteiger partial charge in [0, 0.05) is 3.57 Å². The summed E-state index contributed by atoms with van der Waals surface area (Å²) >= 11 is 6.51. The molecule has 0 saturated heterocycles. The van der Waals surface area contributed by atoms with E-state index in [1.54, 1.807) is 0 Å². The molecule has 0 aromatic heterocycles. The van der Waals surface area contributed by atoms with E-state index in [0.717, 1.165) is 0 Å². The molecule has 0 aliphatic carbocycles. The van der Waals surface area contributed by atoms with Crippen LogP contribution in [0.4, 0.5) is 4.39 Å². The fourth-order valence-electron chi connectivity index (χ4n) is 0.936. The first kappa shape index (κ1) is 12.3. The highest BCUT2D eigenvalue weighted by molar-refractivity contribution is 14.1. The fraction of sp³-hybridized carbons (Fsp3) is 0.111. The van der Waals surface area contributed by atoms with Gasteiger partial charge >= 0.3 is 0 Å². The van der Waals surface area contributed by atoms with E-state index in [2.05, 4.69) is 17.5 Å². The van der Waals surface area contributed by atoms with Crippen molar-refractivity contribution in [1.29, 1.82) is 0 Å². The van der Waals surface area contributed by atoms with Gasteiger partial charge in [0.15, 0.2) is 0 Å². The third-order valence-corrected chi connectivity index (χ3v) is 2.64. The van der Waals surface area contributed by atoms with Gasteiger partial charge in [0.05, 0.1) is 17.1 Å². The monoisotopic (exact) mass is 338 g/mol. The van der Waals surface area contributed by atoms with Gasteiger partial charge in [-0.1, -0.05) is 12.2 Å². The number of hydrogen-bond acceptors (Lipinski definition) is 2. The molecular weight excluding hydrogens is 330 g/mol. The van der Waals surface area contributed by atoms with Crippen molar-refractivity contribution in [3.63, 3.8) is 0 Å². The van der Waals surface area contributed by atoms with Crippen molar-refractivity contribution >= 4 is 45.7 Å². The second-order valence-electron chi connectivity index (χ2n) is 2.77. The summed E-state index contributed by atoms with van der Waals surface area (Å²) in [6.07, 6.45) is 0. The molecule has 80 valence electrons. The Morgan fingerprint density at radius 2 is 2.27 bits per heavy atom. The molecule has 0 spiro atoms. The summed E-state index contributed by atoms with van der Waals surface area (Å²) in [7, 11) is 0. The average molecular weight is 338 g/mol. The minimum Gasteiger partial charge on any atom is -0.392 e. The van der Waals surface area contributed by atoms with Crippen molar-refractivity contribution in [3.8, 4) is 0 Å². The summed E-state index contributed by atoms with van der Waals surface area (Å²) in [6, 6.07) is 3.94. The molecule has 1 aromatic rings. The summed E-state index contributed by atoms with van der Waals surface area (Å²) in [5.74, 6) is -0.683. The Labute approximate surface area is 105 Å². The number of hydrogen-bond donors (Lipinski definition) is 2. The topological polar surface area (TPSA) is 55.1 Å². The molecule has 0 bridgehead atoms. The van der Waals surface area contributed by atoms with Crippen molar-refractivity contribution < 1.29 is 9.18 Å². The van der Waals surface area contributed by atoms with E-state index < -0.39 is 0 Å². The van der Waals surface area contributed by atoms with Crippen LogP contribution in [0.25, 0.3) is 0 Å². The molecule has 1 amide bonds. The molecule has 0 fully saturated rings. The van der Waals surface area contributed by atoms with Gasteiger partial charge in [-0.05, 0) is 40.8 Å². The van der Waals surface area contributed by atoms with Gasteiger partial charge in [0.1, 0.15) is 5.82 Å². The molecule has 0 atom stereocenters. The third kappa shape index (κ3) is 3.71. The second kappa shape index (κ2) is 5.36. The minimum atomic E-state index is -0.370. The number of benzene rings is 1. The highest BCUT2D eigenvalue weighted by atomic mass is 127. The lowest BCUT2D eigenvalue weighted by Crippen LogP contribution is -2.32. The molecule has 0 aliphatic heterocycles. The Kier molecular flexibility index (Phi) is 4.40. The minimum absolute atomic E-state index is 0.140. The van der Waals surface area contributed by atoms with Gasteiger partial charge in [0.25, 0.3) is 5.91 Å². The van der Waals surface area contributed by atoms with E-state index in [9.17, 15) is 9.18 Å². The first-order chi connectivity index (χ1) is 7.00. The Morgan fingerprint density at radius 3 is 2.80 bits per heavy atom. The lowest BCUT2D eigenvalue weighted by Gasteiger charge is -2.05. The van der Waals surface area contributed by atoms with Crippen LogP contribution in [-0.2, 0) is 0 Å². The molecule has 1 rings (SSSR count). The maximum Gasteiger partial charge on any atom is 0.252 e. The maximum atomic E-state index is 12.7. The van der Waals surface area contributed by atoms with Crippen molar-refractivity contribution in [2.24, 2.45) is 5.73 Å². The summed E-state index contributed by atoms with van der Waals surface area (Å²) in [5, 5.41) is 2.53. The quantitative estimate of drug-likeness (QED) is 0.648. The van der Waals surface area contributed by atoms with Crippen LogP contribution in [0, 0.1) is 9.39 Å². The number of nitrogens with two attached hydrogens (primary N) is 1. The molecule has 3 N–H and O–H groups in total. The van der Waals surface area contributed by atoms with Crippen LogP contribution in [-0.4, -0.2) is 17.4 Å². The summed E-state index contributed by atoms with van der Waals surface area (Å²) in [4.78, 5) is 11.7. The van der Waals surface area contributed by atoms with Crippen LogP contribution >= 0.6 is 34.8 Å². The number of carbonyl (C=O) groups is 1. The van der Waals surface area contributed by atoms with Crippen LogP contribution in [0.3, 0.4) is 0 Å².